The Hall–Kier alpha value is -4.46. The second-order valence-electron chi connectivity index (χ2n) is 15.0. The molecule has 4 aromatic rings. The normalized spacial score (nSPS) is 27.3. The van der Waals surface area contributed by atoms with Crippen molar-refractivity contribution in [2.45, 2.75) is 82.4 Å². The van der Waals surface area contributed by atoms with Crippen LogP contribution in [0.2, 0.25) is 0 Å². The van der Waals surface area contributed by atoms with Gasteiger partial charge in [-0.3, -0.25) is 0 Å². The molecule has 0 amide bonds. The lowest BCUT2D eigenvalue weighted by atomic mass is 9.50. The summed E-state index contributed by atoms with van der Waals surface area (Å²) in [6.07, 6.45) is 19.8. The van der Waals surface area contributed by atoms with Crippen LogP contribution in [0.5, 0.6) is 28.7 Å². The predicted octanol–water partition coefficient (Wildman–Crippen LogP) is 8.49. The molecule has 5 atom stereocenters. The minimum absolute atomic E-state index is 0.0116. The van der Waals surface area contributed by atoms with Gasteiger partial charge in [-0.25, -0.2) is 0 Å². The second-order valence-corrected chi connectivity index (χ2v) is 15.0. The van der Waals surface area contributed by atoms with E-state index < -0.39 is 0 Å². The standard InChI is InChI=1S/C43H47NO6/c45-36-19-14-28(25-38(36)47)13-16-31-32-6-3-7-37(46)39(32)41(49)40(48)33(31)17-12-27-8-10-29(11-9-27)26-44-35-20-24-50-43-23-2-1-21-42(43)22-4-5-30(42)15-18-34(35)43/h3,6-11,13-16,18-19,25,30,34-35,44-49H,1-2,4-5,12,17,20-24,26H2/b16-13+/t30-,34+,35-,42+,43-/m1/s1. The van der Waals surface area contributed by atoms with Crippen molar-refractivity contribution in [1.82, 2.24) is 5.32 Å². The largest absolute Gasteiger partial charge is 0.507 e. The summed E-state index contributed by atoms with van der Waals surface area (Å²) in [6.45, 7) is 1.63. The van der Waals surface area contributed by atoms with Crippen molar-refractivity contribution in [2.24, 2.45) is 17.3 Å². The molecule has 3 fully saturated rings. The number of rotatable bonds is 8. The van der Waals surface area contributed by atoms with E-state index in [9.17, 15) is 25.5 Å². The van der Waals surface area contributed by atoms with Gasteiger partial charge in [-0.2, -0.15) is 0 Å². The van der Waals surface area contributed by atoms with Gasteiger partial charge in [-0.05, 0) is 96.7 Å². The average Bonchev–Trinajstić information content (AvgIpc) is 3.56. The van der Waals surface area contributed by atoms with Gasteiger partial charge >= 0.3 is 0 Å². The topological polar surface area (TPSA) is 122 Å². The van der Waals surface area contributed by atoms with Crippen LogP contribution in [0.1, 0.15) is 79.2 Å². The Balaban J connectivity index is 0.991. The molecule has 2 saturated carbocycles. The fourth-order valence-corrected chi connectivity index (χ4v) is 10.1. The molecule has 0 aromatic heterocycles. The third kappa shape index (κ3) is 5.42. The van der Waals surface area contributed by atoms with E-state index in [4.69, 9.17) is 4.74 Å². The fraction of sp³-hybridized carbons (Fsp3) is 0.395. The van der Waals surface area contributed by atoms with Gasteiger partial charge in [-0.15, -0.1) is 0 Å². The minimum atomic E-state index is -0.348. The molecule has 8 rings (SSSR count). The van der Waals surface area contributed by atoms with Gasteiger partial charge in [0, 0.05) is 36.1 Å². The number of fused-ring (bicyclic) bond motifs is 1. The number of aryl methyl sites for hydroxylation is 1. The maximum absolute atomic E-state index is 11.2. The average molecular weight is 674 g/mol. The third-order valence-corrected chi connectivity index (χ3v) is 12.5. The van der Waals surface area contributed by atoms with Gasteiger partial charge in [0.15, 0.2) is 23.0 Å². The summed E-state index contributed by atoms with van der Waals surface area (Å²) in [5, 5.41) is 57.2. The molecule has 50 heavy (non-hydrogen) atoms. The first-order valence-electron chi connectivity index (χ1n) is 18.3. The number of aromatic hydroxyl groups is 5. The van der Waals surface area contributed by atoms with E-state index >= 15 is 0 Å². The molecule has 1 heterocycles. The number of nitrogens with one attached hydrogen (secondary N) is 1. The highest BCUT2D eigenvalue weighted by Gasteiger charge is 2.64. The number of ether oxygens (including phenoxy) is 1. The first kappa shape index (κ1) is 32.7. The van der Waals surface area contributed by atoms with Gasteiger partial charge in [0.1, 0.15) is 5.75 Å². The summed E-state index contributed by atoms with van der Waals surface area (Å²) in [6, 6.07) is 18.6. The number of allylic oxidation sites excluding steroid dienone is 1. The molecule has 1 aliphatic heterocycles. The monoisotopic (exact) mass is 673 g/mol. The van der Waals surface area contributed by atoms with Crippen LogP contribution in [-0.2, 0) is 24.1 Å². The quantitative estimate of drug-likeness (QED) is 0.0630. The Morgan fingerprint density at radius 1 is 0.740 bits per heavy atom. The number of hydrogen-bond donors (Lipinski definition) is 6. The summed E-state index contributed by atoms with van der Waals surface area (Å²) in [4.78, 5) is 0. The highest BCUT2D eigenvalue weighted by molar-refractivity contribution is 6.03. The van der Waals surface area contributed by atoms with Crippen LogP contribution in [0.25, 0.3) is 22.9 Å². The molecule has 0 unspecified atom stereocenters. The Bertz CT molecular complexity index is 1960. The van der Waals surface area contributed by atoms with Crippen molar-refractivity contribution < 1.29 is 30.3 Å². The van der Waals surface area contributed by atoms with Crippen molar-refractivity contribution in [3.8, 4) is 28.7 Å². The van der Waals surface area contributed by atoms with E-state index in [-0.39, 0.29) is 39.7 Å². The zero-order valence-corrected chi connectivity index (χ0v) is 28.4. The molecular formula is C43H47NO6. The SMILES string of the molecule is Oc1ccc(/C=C/c2c(CCc3ccc(CN[C@@H]4CCO[C@@]56CCCC[C@@]57CCC[C@@H]7C=C[C@@H]46)cc3)c(O)c(O)c3c(O)cccc23)cc1O. The number of benzene rings is 4. The zero-order chi connectivity index (χ0) is 34.5. The summed E-state index contributed by atoms with van der Waals surface area (Å²) in [5.41, 5.74) is 4.52. The number of phenols is 5. The van der Waals surface area contributed by atoms with Crippen LogP contribution in [0.4, 0.5) is 0 Å². The third-order valence-electron chi connectivity index (χ3n) is 12.5. The molecule has 7 heteroatoms. The molecule has 4 aliphatic rings. The Morgan fingerprint density at radius 3 is 2.38 bits per heavy atom. The highest BCUT2D eigenvalue weighted by Crippen LogP contribution is 2.65. The van der Waals surface area contributed by atoms with E-state index in [1.807, 2.05) is 0 Å². The molecule has 1 saturated heterocycles. The molecule has 6 N–H and O–H groups in total. The van der Waals surface area contributed by atoms with Crippen LogP contribution in [0.3, 0.4) is 0 Å². The van der Waals surface area contributed by atoms with Gasteiger partial charge in [0.25, 0.3) is 0 Å². The van der Waals surface area contributed by atoms with Crippen LogP contribution in [0, 0.1) is 17.3 Å². The second kappa shape index (κ2) is 13.0. The van der Waals surface area contributed by atoms with Crippen LogP contribution in [0.15, 0.2) is 72.8 Å². The van der Waals surface area contributed by atoms with E-state index in [1.165, 1.54) is 68.7 Å². The first-order chi connectivity index (χ1) is 24.3. The van der Waals surface area contributed by atoms with Crippen molar-refractivity contribution in [2.75, 3.05) is 6.61 Å². The minimum Gasteiger partial charge on any atom is -0.507 e. The molecule has 2 spiro atoms. The van der Waals surface area contributed by atoms with Crippen molar-refractivity contribution in [1.29, 1.82) is 0 Å². The molecule has 7 nitrogen and oxygen atoms in total. The summed E-state index contributed by atoms with van der Waals surface area (Å²) < 4.78 is 6.88. The molecular weight excluding hydrogens is 626 g/mol. The van der Waals surface area contributed by atoms with Gasteiger partial charge in [0.05, 0.1) is 11.0 Å². The van der Waals surface area contributed by atoms with E-state index in [0.717, 1.165) is 25.1 Å². The summed E-state index contributed by atoms with van der Waals surface area (Å²) in [5.74, 6) is -0.0781. The Kier molecular flexibility index (Phi) is 8.52. The molecule has 260 valence electrons. The van der Waals surface area contributed by atoms with Crippen LogP contribution >= 0.6 is 0 Å². The Labute approximate surface area is 293 Å². The highest BCUT2D eigenvalue weighted by atomic mass is 16.5. The van der Waals surface area contributed by atoms with Crippen molar-refractivity contribution in [3.05, 3.63) is 101 Å². The maximum Gasteiger partial charge on any atom is 0.169 e. The smallest absolute Gasteiger partial charge is 0.169 e. The van der Waals surface area contributed by atoms with Crippen LogP contribution in [-0.4, -0.2) is 43.8 Å². The summed E-state index contributed by atoms with van der Waals surface area (Å²) >= 11 is 0. The maximum atomic E-state index is 11.2. The van der Waals surface area contributed by atoms with Gasteiger partial charge < -0.3 is 35.6 Å². The number of phenolic OH excluding ortho intramolecular Hbond substituents is 5. The lowest BCUT2D eigenvalue weighted by Gasteiger charge is -2.62. The lowest BCUT2D eigenvalue weighted by Crippen LogP contribution is -2.66. The lowest BCUT2D eigenvalue weighted by molar-refractivity contribution is -0.223. The van der Waals surface area contributed by atoms with Crippen molar-refractivity contribution >= 4 is 22.9 Å². The zero-order valence-electron chi connectivity index (χ0n) is 28.4. The van der Waals surface area contributed by atoms with E-state index in [2.05, 4.69) is 41.7 Å². The predicted molar refractivity (Wildman–Crippen MR) is 196 cm³/mol. The van der Waals surface area contributed by atoms with Crippen LogP contribution < -0.4 is 5.32 Å². The summed E-state index contributed by atoms with van der Waals surface area (Å²) in [7, 11) is 0. The molecule has 3 aliphatic carbocycles. The number of hydrogen-bond acceptors (Lipinski definition) is 7. The molecule has 0 bridgehead atoms. The van der Waals surface area contributed by atoms with Gasteiger partial charge in [0.2, 0.25) is 0 Å². The van der Waals surface area contributed by atoms with E-state index in [0.29, 0.717) is 58.2 Å². The fourth-order valence-electron chi connectivity index (χ4n) is 10.1. The molecule has 4 aromatic carbocycles. The Morgan fingerprint density at radius 2 is 1.54 bits per heavy atom. The van der Waals surface area contributed by atoms with Gasteiger partial charge in [-0.1, -0.05) is 86.0 Å². The van der Waals surface area contributed by atoms with E-state index in [1.54, 1.807) is 30.4 Å². The molecule has 0 radical (unpaired) electrons. The first-order valence-corrected chi connectivity index (χ1v) is 18.3. The van der Waals surface area contributed by atoms with Crippen molar-refractivity contribution in [3.63, 3.8) is 0 Å².